The average Bonchev–Trinajstić information content (AvgIpc) is 3.68. The molecule has 168 valence electrons. The van der Waals surface area contributed by atoms with Crippen molar-refractivity contribution < 1.29 is 23.8 Å². The van der Waals surface area contributed by atoms with Crippen LogP contribution in [-0.4, -0.2) is 67.7 Å². The number of ether oxygens (including phenoxy) is 3. The predicted octanol–water partition coefficient (Wildman–Crippen LogP) is 2.66. The summed E-state index contributed by atoms with van der Waals surface area (Å²) in [5.74, 6) is 0.997. The topological polar surface area (TPSA) is 80.3 Å². The molecule has 0 spiro atoms. The van der Waals surface area contributed by atoms with Gasteiger partial charge in [0.05, 0.1) is 25.9 Å². The highest BCUT2D eigenvalue weighted by Crippen LogP contribution is 2.42. The average molecular weight is 437 g/mol. The number of hydrogen-bond acceptors (Lipinski definition) is 6. The van der Waals surface area contributed by atoms with E-state index in [1.54, 1.807) is 18.1 Å². The summed E-state index contributed by atoms with van der Waals surface area (Å²) in [5.41, 5.74) is 2.43. The van der Waals surface area contributed by atoms with Gasteiger partial charge in [0.2, 0.25) is 0 Å². The van der Waals surface area contributed by atoms with Gasteiger partial charge in [0.15, 0.2) is 18.1 Å². The molecule has 2 aromatic rings. The molecule has 0 aromatic heterocycles. The van der Waals surface area contributed by atoms with Gasteiger partial charge < -0.3 is 29.3 Å². The predicted molar refractivity (Wildman–Crippen MR) is 118 cm³/mol. The summed E-state index contributed by atoms with van der Waals surface area (Å²) in [6, 6.07) is 13.4. The number of methoxy groups -OCH3 is 1. The van der Waals surface area contributed by atoms with Crippen molar-refractivity contribution in [3.63, 3.8) is 0 Å². The molecule has 5 rings (SSSR count). The van der Waals surface area contributed by atoms with E-state index in [0.29, 0.717) is 43.4 Å². The number of carbonyl (C=O) groups is 2. The van der Waals surface area contributed by atoms with Gasteiger partial charge in [-0.05, 0) is 42.7 Å². The summed E-state index contributed by atoms with van der Waals surface area (Å²) in [7, 11) is 1.57. The Morgan fingerprint density at radius 2 is 1.91 bits per heavy atom. The molecule has 8 heteroatoms. The number of fused-ring (bicyclic) bond motifs is 1. The van der Waals surface area contributed by atoms with Gasteiger partial charge in [-0.1, -0.05) is 18.2 Å². The second-order valence-electron chi connectivity index (χ2n) is 8.23. The molecule has 1 N–H and O–H groups in total. The van der Waals surface area contributed by atoms with Crippen LogP contribution in [0.2, 0.25) is 0 Å². The number of carbonyl (C=O) groups excluding carboxylic acids is 2. The molecular weight excluding hydrogens is 410 g/mol. The van der Waals surface area contributed by atoms with Gasteiger partial charge in [0, 0.05) is 24.8 Å². The van der Waals surface area contributed by atoms with Gasteiger partial charge in [-0.25, -0.2) is 0 Å². The van der Waals surface area contributed by atoms with Crippen LogP contribution in [0.1, 0.15) is 34.9 Å². The minimum Gasteiger partial charge on any atom is -0.493 e. The minimum absolute atomic E-state index is 0.0438. The van der Waals surface area contributed by atoms with Crippen LogP contribution in [0, 0.1) is 0 Å². The minimum atomic E-state index is -0.289. The lowest BCUT2D eigenvalue weighted by Gasteiger charge is -2.38. The van der Waals surface area contributed by atoms with E-state index in [2.05, 4.69) is 5.32 Å². The monoisotopic (exact) mass is 437 g/mol. The van der Waals surface area contributed by atoms with Crippen LogP contribution < -0.4 is 14.8 Å². The molecule has 1 aliphatic carbocycles. The zero-order valence-corrected chi connectivity index (χ0v) is 18.1. The first kappa shape index (κ1) is 20.6. The molecule has 8 nitrogen and oxygen atoms in total. The Morgan fingerprint density at radius 3 is 2.66 bits per heavy atom. The van der Waals surface area contributed by atoms with Gasteiger partial charge in [0.1, 0.15) is 6.17 Å². The molecule has 2 aliphatic heterocycles. The van der Waals surface area contributed by atoms with Crippen molar-refractivity contribution >= 4 is 17.5 Å². The van der Waals surface area contributed by atoms with Crippen molar-refractivity contribution in [1.82, 2.24) is 9.80 Å². The first-order valence-corrected chi connectivity index (χ1v) is 11.0. The van der Waals surface area contributed by atoms with Gasteiger partial charge >= 0.3 is 0 Å². The number of para-hydroxylation sites is 1. The van der Waals surface area contributed by atoms with Crippen LogP contribution in [0.15, 0.2) is 42.5 Å². The first-order chi connectivity index (χ1) is 15.7. The Bertz CT molecular complexity index is 1020. The number of rotatable bonds is 6. The van der Waals surface area contributed by atoms with Gasteiger partial charge in [-0.3, -0.25) is 9.59 Å². The van der Waals surface area contributed by atoms with Crippen LogP contribution in [0.25, 0.3) is 0 Å². The van der Waals surface area contributed by atoms with Crippen LogP contribution in [0.4, 0.5) is 5.69 Å². The van der Waals surface area contributed by atoms with Crippen molar-refractivity contribution in [3.8, 4) is 11.5 Å². The highest BCUT2D eigenvalue weighted by molar-refractivity contribution is 6.02. The maximum atomic E-state index is 13.2. The molecule has 2 fully saturated rings. The summed E-state index contributed by atoms with van der Waals surface area (Å²) in [6.07, 6.45) is 1.73. The van der Waals surface area contributed by atoms with Crippen molar-refractivity contribution in [2.75, 3.05) is 45.3 Å². The highest BCUT2D eigenvalue weighted by atomic mass is 16.5. The summed E-state index contributed by atoms with van der Waals surface area (Å²) < 4.78 is 16.6. The molecule has 0 radical (unpaired) electrons. The van der Waals surface area contributed by atoms with E-state index in [-0.39, 0.29) is 30.6 Å². The van der Waals surface area contributed by atoms with Crippen molar-refractivity contribution in [2.45, 2.75) is 25.0 Å². The smallest absolute Gasteiger partial charge is 0.260 e. The zero-order valence-electron chi connectivity index (χ0n) is 18.1. The van der Waals surface area contributed by atoms with Crippen molar-refractivity contribution in [3.05, 3.63) is 53.6 Å². The summed E-state index contributed by atoms with van der Waals surface area (Å²) in [6.45, 7) is 2.21. The molecule has 2 aromatic carbocycles. The molecule has 2 amide bonds. The maximum absolute atomic E-state index is 13.2. The number of amides is 2. The van der Waals surface area contributed by atoms with Crippen molar-refractivity contribution in [2.24, 2.45) is 0 Å². The van der Waals surface area contributed by atoms with Crippen LogP contribution >= 0.6 is 0 Å². The number of benzene rings is 2. The molecule has 0 bridgehead atoms. The molecule has 3 aliphatic rings. The fourth-order valence-corrected chi connectivity index (χ4v) is 4.26. The molecule has 1 atom stereocenters. The summed E-state index contributed by atoms with van der Waals surface area (Å²) >= 11 is 0. The second kappa shape index (κ2) is 8.70. The number of nitrogens with one attached hydrogen (secondary N) is 1. The first-order valence-electron chi connectivity index (χ1n) is 11.0. The Hall–Kier alpha value is -3.26. The van der Waals surface area contributed by atoms with Crippen molar-refractivity contribution in [1.29, 1.82) is 0 Å². The molecule has 1 saturated carbocycles. The normalized spacial score (nSPS) is 20.4. The lowest BCUT2D eigenvalue weighted by molar-refractivity contribution is -0.137. The SMILES string of the molecule is COc1cc([C@@H]2Nc3ccccc3C(=O)N2C2CC2)ccc1OCC(=O)N1CCOCC1. The number of anilines is 1. The Kier molecular flexibility index (Phi) is 5.61. The fourth-order valence-electron chi connectivity index (χ4n) is 4.26. The molecule has 1 saturated heterocycles. The second-order valence-corrected chi connectivity index (χ2v) is 8.23. The van der Waals surface area contributed by atoms with Gasteiger partial charge in [0.25, 0.3) is 11.8 Å². The number of nitrogens with zero attached hydrogens (tertiary/aromatic N) is 2. The van der Waals surface area contributed by atoms with E-state index in [9.17, 15) is 9.59 Å². The third kappa shape index (κ3) is 3.98. The number of hydrogen-bond donors (Lipinski definition) is 1. The Labute approximate surface area is 187 Å². The van der Waals surface area contributed by atoms with E-state index < -0.39 is 0 Å². The van der Waals surface area contributed by atoms with Crippen LogP contribution in [0.5, 0.6) is 11.5 Å². The largest absolute Gasteiger partial charge is 0.493 e. The lowest BCUT2D eigenvalue weighted by atomic mass is 10.0. The lowest BCUT2D eigenvalue weighted by Crippen LogP contribution is -2.44. The summed E-state index contributed by atoms with van der Waals surface area (Å²) in [5, 5.41) is 3.52. The van der Waals surface area contributed by atoms with Crippen LogP contribution in [-0.2, 0) is 9.53 Å². The maximum Gasteiger partial charge on any atom is 0.260 e. The Balaban J connectivity index is 1.36. The molecular formula is C24H27N3O5. The van der Waals surface area contributed by atoms with E-state index in [0.717, 1.165) is 24.1 Å². The van der Waals surface area contributed by atoms with Crippen LogP contribution in [0.3, 0.4) is 0 Å². The van der Waals surface area contributed by atoms with Gasteiger partial charge in [-0.2, -0.15) is 0 Å². The molecule has 32 heavy (non-hydrogen) atoms. The third-order valence-corrected chi connectivity index (χ3v) is 6.12. The molecule has 2 heterocycles. The third-order valence-electron chi connectivity index (χ3n) is 6.12. The fraction of sp³-hybridized carbons (Fsp3) is 0.417. The zero-order chi connectivity index (χ0) is 22.1. The number of morpholine rings is 1. The van der Waals surface area contributed by atoms with E-state index >= 15 is 0 Å². The standard InChI is InChI=1S/C24H27N3O5/c1-30-21-14-16(6-9-20(21)32-15-22(28)26-10-12-31-13-11-26)23-25-19-5-3-2-4-18(19)24(29)27(23)17-7-8-17/h2-6,9,14,17,23,25H,7-8,10-13,15H2,1H3/t23-/m1/s1. The van der Waals surface area contributed by atoms with E-state index in [1.807, 2.05) is 41.3 Å². The quantitative estimate of drug-likeness (QED) is 0.749. The van der Waals surface area contributed by atoms with E-state index in [1.165, 1.54) is 0 Å². The van der Waals surface area contributed by atoms with E-state index in [4.69, 9.17) is 14.2 Å². The summed E-state index contributed by atoms with van der Waals surface area (Å²) in [4.78, 5) is 29.3. The highest BCUT2D eigenvalue weighted by Gasteiger charge is 2.42. The molecule has 0 unspecified atom stereocenters. The Morgan fingerprint density at radius 1 is 1.12 bits per heavy atom. The van der Waals surface area contributed by atoms with Gasteiger partial charge in [-0.15, -0.1) is 0 Å².